The third-order valence-electron chi connectivity index (χ3n) is 4.21. The first kappa shape index (κ1) is 15.1. The van der Waals surface area contributed by atoms with Crippen molar-refractivity contribution in [2.75, 3.05) is 0 Å². The smallest absolute Gasteiger partial charge is 0.132 e. The van der Waals surface area contributed by atoms with Crippen LogP contribution in [0.5, 0.6) is 5.75 Å². The van der Waals surface area contributed by atoms with Crippen LogP contribution in [0.3, 0.4) is 0 Å². The van der Waals surface area contributed by atoms with Gasteiger partial charge < -0.3 is 5.11 Å². The third kappa shape index (κ3) is 2.98. The molecule has 0 aliphatic heterocycles. The van der Waals surface area contributed by atoms with E-state index in [1.54, 1.807) is 0 Å². The third-order valence-corrected chi connectivity index (χ3v) is 4.21. The molecule has 1 nitrogen and oxygen atoms in total. The van der Waals surface area contributed by atoms with Gasteiger partial charge in [-0.15, -0.1) is 0 Å². The van der Waals surface area contributed by atoms with E-state index in [4.69, 9.17) is 0 Å². The molecule has 0 amide bonds. The van der Waals surface area contributed by atoms with Gasteiger partial charge in [0.15, 0.2) is 0 Å². The fourth-order valence-corrected chi connectivity index (χ4v) is 3.00. The standard InChI is InChI=1S/C24H16O/c25-24-17-23(19-11-5-2-6-12-19)21-14-8-7-13-20(21)22(24)16-15-18-9-3-1-4-10-18/h1-14,17,25H. The average molecular weight is 320 g/mol. The Hall–Kier alpha value is -3.50. The predicted octanol–water partition coefficient (Wildman–Crippen LogP) is 5.61. The van der Waals surface area contributed by atoms with E-state index in [-0.39, 0.29) is 5.75 Å². The summed E-state index contributed by atoms with van der Waals surface area (Å²) in [4.78, 5) is 0. The van der Waals surface area contributed by atoms with E-state index in [0.29, 0.717) is 5.56 Å². The minimum Gasteiger partial charge on any atom is -0.507 e. The highest BCUT2D eigenvalue weighted by Gasteiger charge is 2.11. The molecule has 0 unspecified atom stereocenters. The van der Waals surface area contributed by atoms with E-state index < -0.39 is 0 Å². The van der Waals surface area contributed by atoms with Crippen molar-refractivity contribution in [3.63, 3.8) is 0 Å². The van der Waals surface area contributed by atoms with Crippen LogP contribution < -0.4 is 0 Å². The number of benzene rings is 4. The molecule has 1 heteroatoms. The Bertz CT molecular complexity index is 1080. The summed E-state index contributed by atoms with van der Waals surface area (Å²) >= 11 is 0. The van der Waals surface area contributed by atoms with Gasteiger partial charge in [-0.25, -0.2) is 0 Å². The summed E-state index contributed by atoms with van der Waals surface area (Å²) in [5.41, 5.74) is 3.69. The Morgan fingerprint density at radius 3 is 1.92 bits per heavy atom. The molecule has 4 aromatic carbocycles. The fourth-order valence-electron chi connectivity index (χ4n) is 3.00. The first-order valence-electron chi connectivity index (χ1n) is 8.20. The molecule has 4 rings (SSSR count). The largest absolute Gasteiger partial charge is 0.507 e. The number of aromatic hydroxyl groups is 1. The van der Waals surface area contributed by atoms with E-state index in [1.807, 2.05) is 72.8 Å². The van der Waals surface area contributed by atoms with Gasteiger partial charge in [0.05, 0.1) is 5.56 Å². The average Bonchev–Trinajstić information content (AvgIpc) is 2.68. The molecule has 25 heavy (non-hydrogen) atoms. The number of fused-ring (bicyclic) bond motifs is 1. The fraction of sp³-hybridized carbons (Fsp3) is 0. The van der Waals surface area contributed by atoms with Crippen molar-refractivity contribution >= 4 is 10.8 Å². The lowest BCUT2D eigenvalue weighted by Gasteiger charge is -2.10. The molecule has 0 saturated heterocycles. The zero-order valence-corrected chi connectivity index (χ0v) is 13.6. The summed E-state index contributed by atoms with van der Waals surface area (Å²) in [7, 11) is 0. The number of rotatable bonds is 1. The Kier molecular flexibility index (Phi) is 3.94. The first-order valence-corrected chi connectivity index (χ1v) is 8.20. The maximum Gasteiger partial charge on any atom is 0.132 e. The summed E-state index contributed by atoms with van der Waals surface area (Å²) in [6.45, 7) is 0. The molecule has 0 aliphatic carbocycles. The Morgan fingerprint density at radius 1 is 0.600 bits per heavy atom. The zero-order chi connectivity index (χ0) is 17.1. The highest BCUT2D eigenvalue weighted by Crippen LogP contribution is 2.35. The van der Waals surface area contributed by atoms with Gasteiger partial charge in [-0.2, -0.15) is 0 Å². The van der Waals surface area contributed by atoms with Crippen molar-refractivity contribution < 1.29 is 5.11 Å². The maximum atomic E-state index is 10.6. The quantitative estimate of drug-likeness (QED) is 0.452. The van der Waals surface area contributed by atoms with Crippen molar-refractivity contribution in [2.24, 2.45) is 0 Å². The van der Waals surface area contributed by atoms with Crippen LogP contribution in [0.25, 0.3) is 21.9 Å². The summed E-state index contributed by atoms with van der Waals surface area (Å²) < 4.78 is 0. The SMILES string of the molecule is Oc1cc(-c2ccccc2)c2ccccc2c1C#Cc1ccccc1. The molecule has 0 bridgehead atoms. The Balaban J connectivity index is 1.93. The maximum absolute atomic E-state index is 10.6. The highest BCUT2D eigenvalue weighted by atomic mass is 16.3. The zero-order valence-electron chi connectivity index (χ0n) is 13.6. The number of phenols is 1. The molecule has 1 N–H and O–H groups in total. The minimum atomic E-state index is 0.209. The molecule has 0 saturated carbocycles. The predicted molar refractivity (Wildman–Crippen MR) is 103 cm³/mol. The van der Waals surface area contributed by atoms with Gasteiger partial charge in [-0.1, -0.05) is 84.6 Å². The Morgan fingerprint density at radius 2 is 1.20 bits per heavy atom. The van der Waals surface area contributed by atoms with Gasteiger partial charge >= 0.3 is 0 Å². The second kappa shape index (κ2) is 6.55. The second-order valence-electron chi connectivity index (χ2n) is 5.85. The van der Waals surface area contributed by atoms with Gasteiger partial charge in [0.1, 0.15) is 5.75 Å². The van der Waals surface area contributed by atoms with Crippen molar-refractivity contribution in [3.8, 4) is 28.7 Å². The molecule has 0 aromatic heterocycles. The molecule has 0 heterocycles. The highest BCUT2D eigenvalue weighted by molar-refractivity contribution is 6.01. The topological polar surface area (TPSA) is 20.2 Å². The number of hydrogen-bond acceptors (Lipinski definition) is 1. The number of phenolic OH excluding ortho intramolecular Hbond substituents is 1. The molecular weight excluding hydrogens is 304 g/mol. The molecule has 0 fully saturated rings. The van der Waals surface area contributed by atoms with Gasteiger partial charge in [0, 0.05) is 10.9 Å². The second-order valence-corrected chi connectivity index (χ2v) is 5.85. The van der Waals surface area contributed by atoms with Gasteiger partial charge in [-0.3, -0.25) is 0 Å². The molecule has 4 aromatic rings. The van der Waals surface area contributed by atoms with Gasteiger partial charge in [0.25, 0.3) is 0 Å². The molecular formula is C24H16O. The van der Waals surface area contributed by atoms with Crippen molar-refractivity contribution in [3.05, 3.63) is 102 Å². The van der Waals surface area contributed by atoms with Crippen LogP contribution in [0.2, 0.25) is 0 Å². The summed E-state index contributed by atoms with van der Waals surface area (Å²) in [6.07, 6.45) is 0. The molecule has 0 spiro atoms. The monoisotopic (exact) mass is 320 g/mol. The van der Waals surface area contributed by atoms with Crippen LogP contribution in [-0.4, -0.2) is 5.11 Å². The lowest BCUT2D eigenvalue weighted by atomic mass is 9.94. The normalized spacial score (nSPS) is 10.2. The van der Waals surface area contributed by atoms with Crippen LogP contribution >= 0.6 is 0 Å². The van der Waals surface area contributed by atoms with E-state index in [2.05, 4.69) is 30.0 Å². The van der Waals surface area contributed by atoms with E-state index >= 15 is 0 Å². The van der Waals surface area contributed by atoms with E-state index in [0.717, 1.165) is 27.5 Å². The molecule has 0 aliphatic rings. The van der Waals surface area contributed by atoms with Crippen molar-refractivity contribution in [2.45, 2.75) is 0 Å². The Labute approximate surface area is 147 Å². The molecule has 118 valence electrons. The van der Waals surface area contributed by atoms with Crippen LogP contribution in [-0.2, 0) is 0 Å². The van der Waals surface area contributed by atoms with Crippen molar-refractivity contribution in [1.29, 1.82) is 0 Å². The van der Waals surface area contributed by atoms with Crippen LogP contribution in [0.4, 0.5) is 0 Å². The summed E-state index contributed by atoms with van der Waals surface area (Å²) in [5, 5.41) is 12.7. The van der Waals surface area contributed by atoms with Gasteiger partial charge in [-0.05, 0) is 34.7 Å². The number of hydrogen-bond donors (Lipinski definition) is 1. The lowest BCUT2D eigenvalue weighted by Crippen LogP contribution is -1.87. The molecule has 0 atom stereocenters. The minimum absolute atomic E-state index is 0.209. The first-order chi connectivity index (χ1) is 12.3. The van der Waals surface area contributed by atoms with Gasteiger partial charge in [0.2, 0.25) is 0 Å². The van der Waals surface area contributed by atoms with E-state index in [9.17, 15) is 5.11 Å². The summed E-state index contributed by atoms with van der Waals surface area (Å²) in [5.74, 6) is 6.50. The lowest BCUT2D eigenvalue weighted by molar-refractivity contribution is 0.475. The van der Waals surface area contributed by atoms with Crippen LogP contribution in [0.15, 0.2) is 91.0 Å². The van der Waals surface area contributed by atoms with Crippen LogP contribution in [0, 0.1) is 11.8 Å². The van der Waals surface area contributed by atoms with Crippen LogP contribution in [0.1, 0.15) is 11.1 Å². The molecule has 0 radical (unpaired) electrons. The van der Waals surface area contributed by atoms with Crippen molar-refractivity contribution in [1.82, 2.24) is 0 Å². The summed E-state index contributed by atoms with van der Waals surface area (Å²) in [6, 6.07) is 29.8. The van der Waals surface area contributed by atoms with E-state index in [1.165, 1.54) is 0 Å².